The Bertz CT molecular complexity index is 949. The van der Waals surface area contributed by atoms with Gasteiger partial charge in [-0.15, -0.1) is 0 Å². The Kier molecular flexibility index (Phi) is 3.64. The molecule has 4 aliphatic carbocycles. The molecule has 0 radical (unpaired) electrons. The van der Waals surface area contributed by atoms with Crippen molar-refractivity contribution in [2.24, 2.45) is 28.6 Å². The molecule has 1 heterocycles. The van der Waals surface area contributed by atoms with Crippen LogP contribution in [0.3, 0.4) is 0 Å². The summed E-state index contributed by atoms with van der Waals surface area (Å²) < 4.78 is 28.5. The smallest absolute Gasteiger partial charge is 0.303 e. The molecule has 0 aromatic rings. The molecule has 1 saturated heterocycles. The lowest BCUT2D eigenvalue weighted by molar-refractivity contribution is -0.171. The zero-order valence-electron chi connectivity index (χ0n) is 20.1. The van der Waals surface area contributed by atoms with Gasteiger partial charge in [0, 0.05) is 26.9 Å². The second-order valence-corrected chi connectivity index (χ2v) is 10.5. The fourth-order valence-electron chi connectivity index (χ4n) is 7.85. The summed E-state index contributed by atoms with van der Waals surface area (Å²) in [4.78, 5) is 36.7. The molecule has 4 fully saturated rings. The largest absolute Gasteiger partial charge is 0.458 e. The molecule has 5 aliphatic rings. The number of carbonyl (C=O) groups is 3. The minimum Gasteiger partial charge on any atom is -0.458 e. The van der Waals surface area contributed by atoms with Gasteiger partial charge in [0.2, 0.25) is 5.78 Å². The molecule has 0 bridgehead atoms. The first-order valence-electron chi connectivity index (χ1n) is 12.2. The van der Waals surface area contributed by atoms with Gasteiger partial charge < -0.3 is 14.6 Å². The van der Waals surface area contributed by atoms with E-state index >= 15 is 0 Å². The maximum absolute atomic E-state index is 13.2. The highest BCUT2D eigenvalue weighted by Crippen LogP contribution is 2.76. The zero-order chi connectivity index (χ0) is 23.4. The van der Waals surface area contributed by atoms with E-state index in [0.717, 1.165) is 12.0 Å². The first-order chi connectivity index (χ1) is 14.9. The summed E-state index contributed by atoms with van der Waals surface area (Å²) in [5, 5.41) is 11.8. The first-order valence-corrected chi connectivity index (χ1v) is 11.0. The maximum atomic E-state index is 13.2. The van der Waals surface area contributed by atoms with E-state index in [4.69, 9.17) is 12.2 Å². The quantitative estimate of drug-likeness (QED) is 0.557. The summed E-state index contributed by atoms with van der Waals surface area (Å²) in [6.45, 7) is 6.63. The second kappa shape index (κ2) is 6.04. The van der Waals surface area contributed by atoms with Gasteiger partial charge in [-0.3, -0.25) is 14.4 Å². The average Bonchev–Trinajstić information content (AvgIpc) is 3.41. The lowest BCUT2D eigenvalue weighted by Crippen LogP contribution is -2.62. The van der Waals surface area contributed by atoms with Crippen molar-refractivity contribution in [2.75, 3.05) is 6.61 Å². The Morgan fingerprint density at radius 2 is 2.10 bits per heavy atom. The molecule has 6 heteroatoms. The van der Waals surface area contributed by atoms with E-state index in [1.807, 2.05) is 20.8 Å². The molecular weight excluding hydrogens is 384 g/mol. The summed E-state index contributed by atoms with van der Waals surface area (Å²) >= 11 is 0. The molecular formula is C24H32O6. The number of hydrogen-bond donors (Lipinski definition) is 1. The van der Waals surface area contributed by atoms with Gasteiger partial charge in [-0.05, 0) is 55.9 Å². The number of rotatable bonds is 3. The van der Waals surface area contributed by atoms with Crippen LogP contribution in [0.4, 0.5) is 0 Å². The predicted molar refractivity (Wildman–Crippen MR) is 107 cm³/mol. The lowest BCUT2D eigenvalue weighted by Gasteiger charge is -2.56. The molecule has 30 heavy (non-hydrogen) atoms. The van der Waals surface area contributed by atoms with Gasteiger partial charge in [0.1, 0.15) is 11.2 Å². The lowest BCUT2D eigenvalue weighted by atomic mass is 9.46. The van der Waals surface area contributed by atoms with Crippen molar-refractivity contribution in [3.63, 3.8) is 0 Å². The van der Waals surface area contributed by atoms with E-state index in [0.29, 0.717) is 19.3 Å². The number of carbonyl (C=O) groups excluding carboxylic acids is 3. The van der Waals surface area contributed by atoms with Gasteiger partial charge in [0.05, 0.1) is 6.10 Å². The number of esters is 1. The van der Waals surface area contributed by atoms with E-state index in [-0.39, 0.29) is 29.6 Å². The summed E-state index contributed by atoms with van der Waals surface area (Å²) in [6, 6.07) is 0. The third-order valence-corrected chi connectivity index (χ3v) is 9.35. The highest BCUT2D eigenvalue weighted by Gasteiger charge is 2.82. The molecule has 10 atom stereocenters. The van der Waals surface area contributed by atoms with Gasteiger partial charge in [-0.1, -0.05) is 26.3 Å². The fourth-order valence-corrected chi connectivity index (χ4v) is 7.85. The zero-order valence-corrected chi connectivity index (χ0v) is 18.1. The van der Waals surface area contributed by atoms with E-state index in [2.05, 4.69) is 0 Å². The van der Waals surface area contributed by atoms with Crippen LogP contribution in [0.5, 0.6) is 0 Å². The molecule has 1 spiro atoms. The van der Waals surface area contributed by atoms with Crippen molar-refractivity contribution in [3.05, 3.63) is 11.6 Å². The van der Waals surface area contributed by atoms with Crippen LogP contribution in [0.1, 0.15) is 68.9 Å². The van der Waals surface area contributed by atoms with Gasteiger partial charge in [-0.2, -0.15) is 0 Å². The molecule has 1 aliphatic heterocycles. The van der Waals surface area contributed by atoms with Crippen LogP contribution >= 0.6 is 0 Å². The number of fused-ring (bicyclic) bond motifs is 3. The fraction of sp³-hybridized carbons (Fsp3) is 0.792. The molecule has 3 saturated carbocycles. The number of Topliss-reactive ketones (excluding diaryl/α,β-unsaturated/α-hetero) is 1. The van der Waals surface area contributed by atoms with Crippen LogP contribution in [0, 0.1) is 28.6 Å². The Morgan fingerprint density at radius 3 is 2.80 bits per heavy atom. The Labute approximate surface area is 180 Å². The molecule has 4 unspecified atom stereocenters. The third kappa shape index (κ3) is 2.19. The number of ether oxygens (including phenoxy) is 2. The Hall–Kier alpha value is -1.53. The maximum Gasteiger partial charge on any atom is 0.303 e. The van der Waals surface area contributed by atoms with Gasteiger partial charge in [0.25, 0.3) is 0 Å². The van der Waals surface area contributed by atoms with E-state index in [1.54, 1.807) is 6.08 Å². The van der Waals surface area contributed by atoms with Crippen molar-refractivity contribution in [2.45, 2.75) is 83.5 Å². The minimum atomic E-state index is -1.62. The van der Waals surface area contributed by atoms with Crippen molar-refractivity contribution < 1.29 is 31.7 Å². The van der Waals surface area contributed by atoms with Crippen LogP contribution < -0.4 is 0 Å². The Balaban J connectivity index is 1.54. The van der Waals surface area contributed by atoms with Gasteiger partial charge in [0.15, 0.2) is 12.4 Å². The number of aliphatic hydroxyl groups is 1. The standard InChI is InChI=1S/C24H32O6/c1-13-9-18-17-6-5-15-10-16(26)7-8-21(15,3)24(17)20(30-24)11-22(18,4)23(13,28)19(27)12-29-14(2)25/h10,13,17-18,20,28H,5-9,11-12H2,1-4H3/t13-,17+,18+,20?,21+,22+,23+,24?/m1/s1/i7T,8T/t7?,8?,13-,17+,18+,20?,21+,22+,23+,24?. The minimum absolute atomic E-state index is 0.00471. The average molecular weight is 421 g/mol. The third-order valence-electron chi connectivity index (χ3n) is 9.35. The normalized spacial score (nSPS) is 57.0. The predicted octanol–water partition coefficient (Wildman–Crippen LogP) is 2.76. The molecule has 164 valence electrons. The molecule has 1 N–H and O–H groups in total. The van der Waals surface area contributed by atoms with Crippen LogP contribution in [0.15, 0.2) is 11.6 Å². The topological polar surface area (TPSA) is 93.2 Å². The van der Waals surface area contributed by atoms with Crippen LogP contribution in [0.25, 0.3) is 0 Å². The molecule has 6 nitrogen and oxygen atoms in total. The Morgan fingerprint density at radius 1 is 1.37 bits per heavy atom. The summed E-state index contributed by atoms with van der Waals surface area (Å²) in [6.07, 6.45) is 1.84. The monoisotopic (exact) mass is 420 g/mol. The van der Waals surface area contributed by atoms with Crippen LogP contribution in [0.2, 0.25) is 0 Å². The SMILES string of the molecule is [3H]C1C(=O)C=C2CC[C@H]3[C@@H]4C[C@@H](C)[C@](O)(C(=O)COC(C)=O)[C@@]4(C)CC4OC43[C@@]2(C)C1[3H]. The second-order valence-electron chi connectivity index (χ2n) is 10.5. The van der Waals surface area contributed by atoms with Crippen molar-refractivity contribution in [1.29, 1.82) is 0 Å². The molecule has 5 rings (SSSR count). The highest BCUT2D eigenvalue weighted by molar-refractivity contribution is 5.92. The molecule has 0 aromatic heterocycles. The number of ketones is 2. The van der Waals surface area contributed by atoms with Crippen LogP contribution in [-0.2, 0) is 23.9 Å². The summed E-state index contributed by atoms with van der Waals surface area (Å²) in [7, 11) is 0. The van der Waals surface area contributed by atoms with E-state index in [9.17, 15) is 19.5 Å². The van der Waals surface area contributed by atoms with Gasteiger partial charge >= 0.3 is 5.97 Å². The van der Waals surface area contributed by atoms with E-state index in [1.165, 1.54) is 6.92 Å². The summed E-state index contributed by atoms with van der Waals surface area (Å²) in [5.74, 6) is -1.60. The molecule has 0 amide bonds. The summed E-state index contributed by atoms with van der Waals surface area (Å²) in [5.41, 5.74) is -2.80. The number of hydrogen-bond acceptors (Lipinski definition) is 6. The van der Waals surface area contributed by atoms with Crippen molar-refractivity contribution in [1.82, 2.24) is 0 Å². The number of epoxide rings is 1. The van der Waals surface area contributed by atoms with Crippen LogP contribution in [-0.4, -0.2) is 46.6 Å². The molecule has 0 aromatic carbocycles. The van der Waals surface area contributed by atoms with Crippen molar-refractivity contribution in [3.8, 4) is 0 Å². The first kappa shape index (κ1) is 18.1. The van der Waals surface area contributed by atoms with E-state index < -0.39 is 53.2 Å². The van der Waals surface area contributed by atoms with Crippen molar-refractivity contribution >= 4 is 17.5 Å². The highest BCUT2D eigenvalue weighted by atomic mass is 16.6. The van der Waals surface area contributed by atoms with Gasteiger partial charge in [-0.25, -0.2) is 0 Å².